The lowest BCUT2D eigenvalue weighted by Crippen LogP contribution is -2.30. The number of nitrogens with one attached hydrogen (secondary N) is 2. The zero-order valence-electron chi connectivity index (χ0n) is 14.0. The Labute approximate surface area is 160 Å². The van der Waals surface area contributed by atoms with E-state index in [1.807, 2.05) is 0 Å². The first-order valence-electron chi connectivity index (χ1n) is 7.61. The van der Waals surface area contributed by atoms with Crippen molar-refractivity contribution in [1.82, 2.24) is 0 Å². The molecule has 0 aliphatic heterocycles. The molecule has 0 bridgehead atoms. The molecule has 136 valence electrons. The van der Waals surface area contributed by atoms with Gasteiger partial charge < -0.3 is 15.4 Å². The zero-order valence-corrected chi connectivity index (χ0v) is 15.5. The molecule has 0 spiro atoms. The van der Waals surface area contributed by atoms with Gasteiger partial charge in [-0.1, -0.05) is 23.2 Å². The highest BCUT2D eigenvalue weighted by Gasteiger charge is 2.19. The highest BCUT2D eigenvalue weighted by molar-refractivity contribution is 6.42. The molecule has 0 aromatic heterocycles. The van der Waals surface area contributed by atoms with Crippen LogP contribution in [0.25, 0.3) is 0 Å². The summed E-state index contributed by atoms with van der Waals surface area (Å²) in [5.41, 5.74) is 1.30. The molecule has 0 unspecified atom stereocenters. The summed E-state index contributed by atoms with van der Waals surface area (Å²) in [6.07, 6.45) is -1.02. The quantitative estimate of drug-likeness (QED) is 0.746. The third kappa shape index (κ3) is 5.47. The standard InChI is InChI=1S/C18H16Cl2N2O4/c1-10(26-18(25)12-3-8-15(19)16(20)9-12)17(24)22-14-6-4-13(5-7-14)21-11(2)23/h3-10H,1-2H3,(H,21,23)(H,22,24)/t10-/m0/s1. The van der Waals surface area contributed by atoms with Crippen LogP contribution in [-0.2, 0) is 14.3 Å². The first kappa shape index (κ1) is 19.8. The molecule has 2 amide bonds. The Kier molecular flexibility index (Phi) is 6.60. The van der Waals surface area contributed by atoms with Crippen molar-refractivity contribution in [1.29, 1.82) is 0 Å². The van der Waals surface area contributed by atoms with E-state index in [4.69, 9.17) is 27.9 Å². The van der Waals surface area contributed by atoms with E-state index in [2.05, 4.69) is 10.6 Å². The number of hydrogen-bond acceptors (Lipinski definition) is 4. The van der Waals surface area contributed by atoms with Gasteiger partial charge >= 0.3 is 5.97 Å². The van der Waals surface area contributed by atoms with E-state index in [0.29, 0.717) is 16.4 Å². The van der Waals surface area contributed by atoms with Crippen LogP contribution in [0, 0.1) is 0 Å². The van der Waals surface area contributed by atoms with Crippen LogP contribution < -0.4 is 10.6 Å². The molecule has 0 aliphatic carbocycles. The van der Waals surface area contributed by atoms with Crippen LogP contribution in [0.4, 0.5) is 11.4 Å². The van der Waals surface area contributed by atoms with Gasteiger partial charge in [-0.25, -0.2) is 4.79 Å². The van der Waals surface area contributed by atoms with Gasteiger partial charge in [0, 0.05) is 18.3 Å². The van der Waals surface area contributed by atoms with Crippen LogP contribution in [0.1, 0.15) is 24.2 Å². The summed E-state index contributed by atoms with van der Waals surface area (Å²) in [6, 6.07) is 10.8. The maximum atomic E-state index is 12.2. The van der Waals surface area contributed by atoms with E-state index in [9.17, 15) is 14.4 Å². The maximum absolute atomic E-state index is 12.2. The van der Waals surface area contributed by atoms with Gasteiger partial charge in [0.05, 0.1) is 15.6 Å². The molecule has 0 heterocycles. The van der Waals surface area contributed by atoms with Gasteiger partial charge in [0.1, 0.15) is 0 Å². The SMILES string of the molecule is CC(=O)Nc1ccc(NC(=O)[C@H](C)OC(=O)c2ccc(Cl)c(Cl)c2)cc1. The lowest BCUT2D eigenvalue weighted by atomic mass is 10.2. The molecule has 26 heavy (non-hydrogen) atoms. The van der Waals surface area contributed by atoms with E-state index < -0.39 is 18.0 Å². The van der Waals surface area contributed by atoms with Crippen molar-refractivity contribution < 1.29 is 19.1 Å². The van der Waals surface area contributed by atoms with E-state index in [1.165, 1.54) is 32.0 Å². The van der Waals surface area contributed by atoms with Crippen molar-refractivity contribution in [3.8, 4) is 0 Å². The molecule has 0 saturated heterocycles. The Morgan fingerprint density at radius 1 is 0.923 bits per heavy atom. The maximum Gasteiger partial charge on any atom is 0.338 e. The van der Waals surface area contributed by atoms with Crippen LogP contribution in [0.2, 0.25) is 10.0 Å². The predicted molar refractivity (Wildman–Crippen MR) is 101 cm³/mol. The third-order valence-electron chi connectivity index (χ3n) is 3.28. The largest absolute Gasteiger partial charge is 0.449 e. The Bertz CT molecular complexity index is 838. The molecule has 8 heteroatoms. The molecule has 2 rings (SSSR count). The topological polar surface area (TPSA) is 84.5 Å². The molecule has 0 aliphatic rings. The Morgan fingerprint density at radius 3 is 2.04 bits per heavy atom. The number of anilines is 2. The molecule has 0 radical (unpaired) electrons. The fourth-order valence-corrected chi connectivity index (χ4v) is 2.29. The summed E-state index contributed by atoms with van der Waals surface area (Å²) in [7, 11) is 0. The highest BCUT2D eigenvalue weighted by Crippen LogP contribution is 2.23. The Balaban J connectivity index is 1.95. The molecule has 0 saturated carbocycles. The molecular weight excluding hydrogens is 379 g/mol. The van der Waals surface area contributed by atoms with Crippen molar-refractivity contribution in [2.45, 2.75) is 20.0 Å². The number of benzene rings is 2. The van der Waals surface area contributed by atoms with E-state index in [-0.39, 0.29) is 16.5 Å². The number of carbonyl (C=O) groups is 3. The lowest BCUT2D eigenvalue weighted by molar-refractivity contribution is -0.123. The van der Waals surface area contributed by atoms with Crippen molar-refractivity contribution in [2.75, 3.05) is 10.6 Å². The first-order valence-corrected chi connectivity index (χ1v) is 8.36. The summed E-state index contributed by atoms with van der Waals surface area (Å²) in [5.74, 6) is -1.37. The van der Waals surface area contributed by atoms with Crippen molar-refractivity contribution in [3.05, 3.63) is 58.1 Å². The summed E-state index contributed by atoms with van der Waals surface area (Å²) >= 11 is 11.7. The van der Waals surface area contributed by atoms with Gasteiger partial charge in [-0.05, 0) is 49.4 Å². The summed E-state index contributed by atoms with van der Waals surface area (Å²) < 4.78 is 5.13. The molecular formula is C18H16Cl2N2O4. The fraction of sp³-hybridized carbons (Fsp3) is 0.167. The van der Waals surface area contributed by atoms with Gasteiger partial charge in [-0.2, -0.15) is 0 Å². The van der Waals surface area contributed by atoms with Crippen molar-refractivity contribution in [2.24, 2.45) is 0 Å². The van der Waals surface area contributed by atoms with Crippen LogP contribution in [-0.4, -0.2) is 23.9 Å². The zero-order chi connectivity index (χ0) is 19.3. The van der Waals surface area contributed by atoms with Gasteiger partial charge in [-0.3, -0.25) is 9.59 Å². The Morgan fingerprint density at radius 2 is 1.50 bits per heavy atom. The number of hydrogen-bond donors (Lipinski definition) is 2. The molecule has 6 nitrogen and oxygen atoms in total. The molecule has 0 fully saturated rings. The van der Waals surface area contributed by atoms with Gasteiger partial charge in [0.2, 0.25) is 5.91 Å². The minimum absolute atomic E-state index is 0.190. The van der Waals surface area contributed by atoms with Crippen LogP contribution in [0.15, 0.2) is 42.5 Å². The second-order valence-corrected chi connectivity index (χ2v) is 6.24. The Hall–Kier alpha value is -2.57. The average Bonchev–Trinajstić information content (AvgIpc) is 2.58. The normalized spacial score (nSPS) is 11.4. The van der Waals surface area contributed by atoms with Crippen LogP contribution >= 0.6 is 23.2 Å². The molecule has 2 aromatic carbocycles. The van der Waals surface area contributed by atoms with E-state index in [0.717, 1.165) is 0 Å². The number of rotatable bonds is 5. The monoisotopic (exact) mass is 394 g/mol. The van der Waals surface area contributed by atoms with Crippen molar-refractivity contribution >= 4 is 52.4 Å². The van der Waals surface area contributed by atoms with Crippen LogP contribution in [0.5, 0.6) is 0 Å². The minimum atomic E-state index is -1.02. The number of amides is 2. The summed E-state index contributed by atoms with van der Waals surface area (Å²) in [5, 5.41) is 5.78. The van der Waals surface area contributed by atoms with Crippen LogP contribution in [0.3, 0.4) is 0 Å². The lowest BCUT2D eigenvalue weighted by Gasteiger charge is -2.14. The summed E-state index contributed by atoms with van der Waals surface area (Å²) in [4.78, 5) is 35.2. The predicted octanol–water partition coefficient (Wildman–Crippen LogP) is 4.14. The van der Waals surface area contributed by atoms with Gasteiger partial charge in [0.25, 0.3) is 5.91 Å². The average molecular weight is 395 g/mol. The van der Waals surface area contributed by atoms with E-state index >= 15 is 0 Å². The second kappa shape index (κ2) is 8.69. The molecule has 1 atom stereocenters. The summed E-state index contributed by atoms with van der Waals surface area (Å²) in [6.45, 7) is 2.86. The molecule has 2 aromatic rings. The first-order chi connectivity index (χ1) is 12.3. The van der Waals surface area contributed by atoms with Crippen molar-refractivity contribution in [3.63, 3.8) is 0 Å². The second-order valence-electron chi connectivity index (χ2n) is 5.42. The van der Waals surface area contributed by atoms with Gasteiger partial charge in [0.15, 0.2) is 6.10 Å². The number of esters is 1. The van der Waals surface area contributed by atoms with Gasteiger partial charge in [-0.15, -0.1) is 0 Å². The number of halogens is 2. The highest BCUT2D eigenvalue weighted by atomic mass is 35.5. The van der Waals surface area contributed by atoms with E-state index in [1.54, 1.807) is 24.3 Å². The smallest absolute Gasteiger partial charge is 0.338 e. The number of carbonyl (C=O) groups excluding carboxylic acids is 3. The fourth-order valence-electron chi connectivity index (χ4n) is 1.99. The molecule has 2 N–H and O–H groups in total. The third-order valence-corrected chi connectivity index (χ3v) is 4.02. The minimum Gasteiger partial charge on any atom is -0.449 e. The number of ether oxygens (including phenoxy) is 1.